The van der Waals surface area contributed by atoms with Gasteiger partial charge in [0.2, 0.25) is 0 Å². The molecule has 0 aliphatic heterocycles. The van der Waals surface area contributed by atoms with Crippen LogP contribution in [0.3, 0.4) is 0 Å². The molecule has 2 aromatic rings. The van der Waals surface area contributed by atoms with Crippen molar-refractivity contribution in [2.75, 3.05) is 13.6 Å². The minimum Gasteiger partial charge on any atom is -0.350 e. The van der Waals surface area contributed by atoms with Gasteiger partial charge in [0.05, 0.1) is 44.2 Å². The second-order valence-corrected chi connectivity index (χ2v) is 7.11. The van der Waals surface area contributed by atoms with Crippen LogP contribution in [0, 0.1) is 20.2 Å². The Morgan fingerprint density at radius 2 is 1.07 bits per heavy atom. The molecular weight excluding hydrogens is 474 g/mol. The number of nitro groups is 2. The van der Waals surface area contributed by atoms with Gasteiger partial charge in [-0.25, -0.2) is 0 Å². The maximum Gasteiger partial charge on any atom is 0.277 e. The first-order chi connectivity index (χ1) is 13.7. The van der Waals surface area contributed by atoms with Crippen LogP contribution in [0.1, 0.15) is 11.1 Å². The highest BCUT2D eigenvalue weighted by Gasteiger charge is 2.20. The Morgan fingerprint density at radius 3 is 1.41 bits per heavy atom. The lowest BCUT2D eigenvalue weighted by atomic mass is 10.2. The van der Waals surface area contributed by atoms with Crippen molar-refractivity contribution in [1.82, 2.24) is 0 Å². The normalized spacial score (nSPS) is 10.9. The minimum absolute atomic E-state index is 0.0881. The average molecular weight is 486 g/mol. The molecule has 0 spiro atoms. The molecule has 0 saturated carbocycles. The molecule has 156 valence electrons. The zero-order valence-electron chi connectivity index (χ0n) is 14.4. The van der Waals surface area contributed by atoms with Gasteiger partial charge < -0.3 is 14.2 Å². The van der Waals surface area contributed by atoms with Crippen LogP contribution in [-0.2, 0) is 27.4 Å². The molecule has 0 aromatic heterocycles. The first-order valence-electron chi connectivity index (χ1n) is 7.68. The van der Waals surface area contributed by atoms with Gasteiger partial charge in [0.25, 0.3) is 11.4 Å². The van der Waals surface area contributed by atoms with E-state index in [1.807, 2.05) is 0 Å². The van der Waals surface area contributed by atoms with Crippen LogP contribution in [0.15, 0.2) is 24.3 Å². The number of ether oxygens (including phenoxy) is 3. The highest BCUT2D eigenvalue weighted by atomic mass is 35.5. The summed E-state index contributed by atoms with van der Waals surface area (Å²) in [5.41, 5.74) is -0.254. The van der Waals surface area contributed by atoms with E-state index in [1.165, 1.54) is 24.3 Å². The quantitative estimate of drug-likeness (QED) is 0.181. The predicted molar refractivity (Wildman–Crippen MR) is 107 cm³/mol. The van der Waals surface area contributed by atoms with Crippen LogP contribution >= 0.6 is 46.4 Å². The zero-order chi connectivity index (χ0) is 21.6. The number of halogens is 4. The molecule has 2 rings (SSSR count). The number of rotatable bonds is 10. The molecule has 0 saturated heterocycles. The van der Waals surface area contributed by atoms with Crippen molar-refractivity contribution in [2.45, 2.75) is 13.2 Å². The summed E-state index contributed by atoms with van der Waals surface area (Å²) in [6.07, 6.45) is 0. The molecular formula is C16H12Cl4N2O7. The summed E-state index contributed by atoms with van der Waals surface area (Å²) in [5, 5.41) is 22.6. The molecule has 0 amide bonds. The molecule has 0 fully saturated rings. The fourth-order valence-electron chi connectivity index (χ4n) is 2.23. The predicted octanol–water partition coefficient (Wildman–Crippen LogP) is 5.78. The summed E-state index contributed by atoms with van der Waals surface area (Å²) in [6, 6.07) is 5.06. The van der Waals surface area contributed by atoms with Crippen molar-refractivity contribution in [2.24, 2.45) is 0 Å². The van der Waals surface area contributed by atoms with E-state index >= 15 is 0 Å². The van der Waals surface area contributed by atoms with E-state index in [0.717, 1.165) is 0 Å². The second-order valence-electron chi connectivity index (χ2n) is 5.42. The summed E-state index contributed by atoms with van der Waals surface area (Å²) in [6.45, 7) is -0.930. The first kappa shape index (κ1) is 23.6. The van der Waals surface area contributed by atoms with Gasteiger partial charge in [-0.15, -0.1) is 0 Å². The first-order valence-corrected chi connectivity index (χ1v) is 9.19. The van der Waals surface area contributed by atoms with E-state index in [4.69, 9.17) is 60.6 Å². The summed E-state index contributed by atoms with van der Waals surface area (Å²) >= 11 is 23.4. The number of hydrogen-bond donors (Lipinski definition) is 0. The molecule has 0 N–H and O–H groups in total. The molecule has 0 atom stereocenters. The van der Waals surface area contributed by atoms with Crippen molar-refractivity contribution >= 4 is 57.8 Å². The fraction of sp³-hybridized carbons (Fsp3) is 0.250. The van der Waals surface area contributed by atoms with E-state index in [0.29, 0.717) is 0 Å². The number of benzene rings is 2. The molecule has 0 heterocycles. The van der Waals surface area contributed by atoms with Gasteiger partial charge in [-0.3, -0.25) is 20.2 Å². The van der Waals surface area contributed by atoms with Crippen LogP contribution < -0.4 is 0 Å². The Kier molecular flexibility index (Phi) is 8.84. The molecule has 0 unspecified atom stereocenters. The SMILES string of the molecule is O=[N+]([O-])c1cc(Cl)cc(Cl)c1COCOCOCc1c(Cl)cc(Cl)cc1[N+](=O)[O-]. The molecule has 2 aromatic carbocycles. The third-order valence-corrected chi connectivity index (χ3v) is 4.60. The Morgan fingerprint density at radius 1 is 0.690 bits per heavy atom. The number of nitro benzene ring substituents is 2. The maximum atomic E-state index is 11.1. The van der Waals surface area contributed by atoms with E-state index in [1.54, 1.807) is 0 Å². The van der Waals surface area contributed by atoms with Gasteiger partial charge in [-0.1, -0.05) is 46.4 Å². The fourth-order valence-corrected chi connectivity index (χ4v) is 3.31. The van der Waals surface area contributed by atoms with Crippen LogP contribution in [0.25, 0.3) is 0 Å². The molecule has 13 heteroatoms. The van der Waals surface area contributed by atoms with Crippen molar-refractivity contribution in [3.63, 3.8) is 0 Å². The highest BCUT2D eigenvalue weighted by Crippen LogP contribution is 2.32. The van der Waals surface area contributed by atoms with Gasteiger partial charge in [0, 0.05) is 22.2 Å². The van der Waals surface area contributed by atoms with Crippen LogP contribution in [0.4, 0.5) is 11.4 Å². The van der Waals surface area contributed by atoms with Crippen molar-refractivity contribution in [3.05, 3.63) is 75.7 Å². The van der Waals surface area contributed by atoms with Crippen molar-refractivity contribution in [3.8, 4) is 0 Å². The Bertz CT molecular complexity index is 853. The number of hydrogen-bond acceptors (Lipinski definition) is 7. The smallest absolute Gasteiger partial charge is 0.277 e. The lowest BCUT2D eigenvalue weighted by molar-refractivity contribution is -0.386. The maximum absolute atomic E-state index is 11.1. The molecule has 0 aliphatic rings. The zero-order valence-corrected chi connectivity index (χ0v) is 17.4. The van der Waals surface area contributed by atoms with Crippen LogP contribution in [-0.4, -0.2) is 23.4 Å². The molecule has 0 radical (unpaired) electrons. The summed E-state index contributed by atoms with van der Waals surface area (Å²) in [5.74, 6) is 0. The summed E-state index contributed by atoms with van der Waals surface area (Å²) < 4.78 is 15.5. The van der Waals surface area contributed by atoms with Crippen LogP contribution in [0.5, 0.6) is 0 Å². The average Bonchev–Trinajstić information content (AvgIpc) is 2.62. The van der Waals surface area contributed by atoms with Gasteiger partial charge in [0.15, 0.2) is 0 Å². The van der Waals surface area contributed by atoms with E-state index in [-0.39, 0.29) is 69.4 Å². The minimum atomic E-state index is -0.622. The Hall–Kier alpha value is -1.72. The summed E-state index contributed by atoms with van der Waals surface area (Å²) in [4.78, 5) is 20.9. The van der Waals surface area contributed by atoms with Gasteiger partial charge >= 0.3 is 0 Å². The standard InChI is InChI=1S/C16H12Cl4N2O7/c17-9-1-13(19)11(15(3-9)21(23)24)5-27-7-29-8-28-6-12-14(20)2-10(18)4-16(12)22(25)26/h1-4H,5-8H2. The lowest BCUT2D eigenvalue weighted by Gasteiger charge is -2.10. The van der Waals surface area contributed by atoms with E-state index < -0.39 is 9.85 Å². The van der Waals surface area contributed by atoms with Gasteiger partial charge in [-0.05, 0) is 12.1 Å². The third kappa shape index (κ3) is 6.65. The van der Waals surface area contributed by atoms with Crippen LogP contribution in [0.2, 0.25) is 20.1 Å². The Balaban J connectivity index is 1.82. The third-order valence-electron chi connectivity index (χ3n) is 3.49. The van der Waals surface area contributed by atoms with Crippen molar-refractivity contribution < 1.29 is 24.1 Å². The van der Waals surface area contributed by atoms with Crippen molar-refractivity contribution in [1.29, 1.82) is 0 Å². The molecule has 29 heavy (non-hydrogen) atoms. The monoisotopic (exact) mass is 484 g/mol. The topological polar surface area (TPSA) is 114 Å². The Labute approximate surface area is 184 Å². The number of nitrogens with zero attached hydrogens (tertiary/aromatic N) is 2. The van der Waals surface area contributed by atoms with Gasteiger partial charge in [-0.2, -0.15) is 0 Å². The van der Waals surface area contributed by atoms with E-state index in [9.17, 15) is 20.2 Å². The largest absolute Gasteiger partial charge is 0.350 e. The highest BCUT2D eigenvalue weighted by molar-refractivity contribution is 6.36. The second kappa shape index (κ2) is 10.9. The van der Waals surface area contributed by atoms with E-state index in [2.05, 4.69) is 0 Å². The molecule has 9 nitrogen and oxygen atoms in total. The molecule has 0 bridgehead atoms. The lowest BCUT2D eigenvalue weighted by Crippen LogP contribution is -2.07. The van der Waals surface area contributed by atoms with Gasteiger partial charge in [0.1, 0.15) is 13.6 Å². The molecule has 0 aliphatic carbocycles. The summed E-state index contributed by atoms with van der Waals surface area (Å²) in [7, 11) is 0.